The summed E-state index contributed by atoms with van der Waals surface area (Å²) in [4.78, 5) is 23.1. The number of anilines is 1. The number of aromatic nitrogens is 2. The van der Waals surface area contributed by atoms with Crippen molar-refractivity contribution < 1.29 is 14.3 Å². The average Bonchev–Trinajstić information content (AvgIpc) is 2.87. The third-order valence-corrected chi connectivity index (χ3v) is 4.95. The summed E-state index contributed by atoms with van der Waals surface area (Å²) in [7, 11) is 0. The van der Waals surface area contributed by atoms with Crippen LogP contribution < -0.4 is 4.90 Å². The van der Waals surface area contributed by atoms with Gasteiger partial charge in [0.25, 0.3) is 0 Å². The molecule has 1 aliphatic heterocycles. The van der Waals surface area contributed by atoms with Crippen LogP contribution in [0.5, 0.6) is 0 Å². The first-order valence-corrected chi connectivity index (χ1v) is 8.97. The molecule has 0 bridgehead atoms. The molecule has 26 heavy (non-hydrogen) atoms. The van der Waals surface area contributed by atoms with E-state index in [4.69, 9.17) is 9.97 Å². The highest BCUT2D eigenvalue weighted by Gasteiger charge is 2.25. The van der Waals surface area contributed by atoms with Gasteiger partial charge in [-0.1, -0.05) is 12.8 Å². The number of benzene rings is 1. The maximum absolute atomic E-state index is 13.3. The summed E-state index contributed by atoms with van der Waals surface area (Å²) >= 11 is 0. The largest absolute Gasteiger partial charge is 0.478 e. The molecule has 2 aliphatic rings. The van der Waals surface area contributed by atoms with Gasteiger partial charge in [0.1, 0.15) is 11.5 Å². The topological polar surface area (TPSA) is 66.3 Å². The summed E-state index contributed by atoms with van der Waals surface area (Å²) in [5, 5.41) is 9.28. The predicted octanol–water partition coefficient (Wildman–Crippen LogP) is 3.69. The molecular weight excluding hydrogens is 333 g/mol. The van der Waals surface area contributed by atoms with Crippen molar-refractivity contribution in [1.82, 2.24) is 9.97 Å². The summed E-state index contributed by atoms with van der Waals surface area (Å²) in [6.07, 6.45) is 6.48. The zero-order valence-corrected chi connectivity index (χ0v) is 14.4. The number of carbonyl (C=O) groups is 1. The Kier molecular flexibility index (Phi) is 4.41. The summed E-state index contributed by atoms with van der Waals surface area (Å²) in [5.41, 5.74) is 3.08. The number of hydrogen-bond acceptors (Lipinski definition) is 4. The van der Waals surface area contributed by atoms with Gasteiger partial charge in [-0.25, -0.2) is 19.2 Å². The SMILES string of the molecule is O=C(O)C1=Cc2nc(-c3ccc(F)cc3)c(N3CCCCCC3)nc2C1. The Morgan fingerprint density at radius 3 is 2.38 bits per heavy atom. The van der Waals surface area contributed by atoms with Crippen molar-refractivity contribution in [3.05, 3.63) is 47.0 Å². The first-order valence-electron chi connectivity index (χ1n) is 8.97. The van der Waals surface area contributed by atoms with Gasteiger partial charge in [-0.15, -0.1) is 0 Å². The fraction of sp³-hybridized carbons (Fsp3) is 0.350. The van der Waals surface area contributed by atoms with Crippen molar-refractivity contribution in [1.29, 1.82) is 0 Å². The number of hydrogen-bond donors (Lipinski definition) is 1. The molecule has 0 amide bonds. The lowest BCUT2D eigenvalue weighted by Crippen LogP contribution is -2.26. The van der Waals surface area contributed by atoms with Crippen molar-refractivity contribution in [2.45, 2.75) is 32.1 Å². The average molecular weight is 353 g/mol. The highest BCUT2D eigenvalue weighted by Crippen LogP contribution is 2.33. The Balaban J connectivity index is 1.81. The summed E-state index contributed by atoms with van der Waals surface area (Å²) in [6, 6.07) is 6.22. The Labute approximate surface area is 151 Å². The van der Waals surface area contributed by atoms with Crippen molar-refractivity contribution in [3.63, 3.8) is 0 Å². The molecular formula is C20H20FN3O2. The van der Waals surface area contributed by atoms with Crippen LogP contribution in [0.4, 0.5) is 10.2 Å². The maximum Gasteiger partial charge on any atom is 0.332 e. The number of aliphatic carboxylic acids is 1. The number of carboxylic acids is 1. The Morgan fingerprint density at radius 2 is 1.73 bits per heavy atom. The monoisotopic (exact) mass is 353 g/mol. The molecule has 0 radical (unpaired) electrons. The molecule has 4 rings (SSSR count). The molecule has 0 spiro atoms. The first kappa shape index (κ1) is 16.7. The highest BCUT2D eigenvalue weighted by molar-refractivity contribution is 5.95. The van der Waals surface area contributed by atoms with E-state index >= 15 is 0 Å². The van der Waals surface area contributed by atoms with Crippen molar-refractivity contribution in [3.8, 4) is 11.3 Å². The van der Waals surface area contributed by atoms with Crippen molar-refractivity contribution >= 4 is 17.9 Å². The fourth-order valence-corrected chi connectivity index (χ4v) is 3.56. The lowest BCUT2D eigenvalue weighted by molar-refractivity contribution is -0.132. The van der Waals surface area contributed by atoms with Gasteiger partial charge < -0.3 is 10.0 Å². The second kappa shape index (κ2) is 6.86. The van der Waals surface area contributed by atoms with Gasteiger partial charge in [-0.2, -0.15) is 0 Å². The highest BCUT2D eigenvalue weighted by atomic mass is 19.1. The minimum atomic E-state index is -0.940. The number of rotatable bonds is 3. The minimum absolute atomic E-state index is 0.294. The van der Waals surface area contributed by atoms with Gasteiger partial charge in [0.15, 0.2) is 5.82 Å². The molecule has 134 valence electrons. The van der Waals surface area contributed by atoms with Crippen LogP contribution in [0.2, 0.25) is 0 Å². The van der Waals surface area contributed by atoms with Crippen LogP contribution >= 0.6 is 0 Å². The van der Waals surface area contributed by atoms with Gasteiger partial charge >= 0.3 is 5.97 Å². The summed E-state index contributed by atoms with van der Waals surface area (Å²) < 4.78 is 13.3. The predicted molar refractivity (Wildman–Crippen MR) is 97.4 cm³/mol. The molecule has 1 fully saturated rings. The van der Waals surface area contributed by atoms with E-state index in [1.807, 2.05) is 0 Å². The van der Waals surface area contributed by atoms with Gasteiger partial charge in [0, 0.05) is 30.6 Å². The number of fused-ring (bicyclic) bond motifs is 1. The molecule has 1 aromatic heterocycles. The van der Waals surface area contributed by atoms with E-state index in [1.54, 1.807) is 18.2 Å². The van der Waals surface area contributed by atoms with Crippen LogP contribution in [0.25, 0.3) is 17.3 Å². The lowest BCUT2D eigenvalue weighted by atomic mass is 10.1. The van der Waals surface area contributed by atoms with Crippen LogP contribution in [0.3, 0.4) is 0 Å². The molecule has 5 nitrogen and oxygen atoms in total. The molecule has 6 heteroatoms. The van der Waals surface area contributed by atoms with Gasteiger partial charge in [0.05, 0.1) is 11.4 Å². The van der Waals surface area contributed by atoms with E-state index in [1.165, 1.54) is 25.0 Å². The van der Waals surface area contributed by atoms with Gasteiger partial charge in [-0.05, 0) is 43.2 Å². The molecule has 1 aromatic carbocycles. The zero-order valence-electron chi connectivity index (χ0n) is 14.4. The van der Waals surface area contributed by atoms with Gasteiger partial charge in [-0.3, -0.25) is 0 Å². The smallest absolute Gasteiger partial charge is 0.332 e. The summed E-state index contributed by atoms with van der Waals surface area (Å²) in [6.45, 7) is 1.81. The fourth-order valence-electron chi connectivity index (χ4n) is 3.56. The molecule has 2 heterocycles. The molecule has 1 saturated heterocycles. The molecule has 0 unspecified atom stereocenters. The van der Waals surface area contributed by atoms with Crippen LogP contribution in [-0.2, 0) is 11.2 Å². The van der Waals surface area contributed by atoms with Crippen LogP contribution in [0, 0.1) is 5.82 Å². The van der Waals surface area contributed by atoms with Gasteiger partial charge in [0.2, 0.25) is 0 Å². The molecule has 0 saturated carbocycles. The maximum atomic E-state index is 13.3. The van der Waals surface area contributed by atoms with Crippen LogP contribution in [-0.4, -0.2) is 34.1 Å². The van der Waals surface area contributed by atoms with Crippen LogP contribution in [0.1, 0.15) is 37.1 Å². The first-order chi connectivity index (χ1) is 12.6. The Hall–Kier alpha value is -2.76. The molecule has 0 atom stereocenters. The number of halogens is 1. The Bertz CT molecular complexity index is 869. The standard InChI is InChI=1S/C20H20FN3O2/c21-15-7-5-13(6-8-15)18-19(24-9-3-1-2-4-10-24)23-17-12-14(20(25)26)11-16(17)22-18/h5-8,11H,1-4,9-10,12H2,(H,25,26). The normalized spacial score (nSPS) is 16.8. The molecule has 1 aliphatic carbocycles. The van der Waals surface area contributed by atoms with E-state index in [9.17, 15) is 14.3 Å². The zero-order chi connectivity index (χ0) is 18.1. The lowest BCUT2D eigenvalue weighted by Gasteiger charge is -2.24. The number of nitrogens with zero attached hydrogens (tertiary/aromatic N) is 3. The number of carboxylic acid groups (broad SMARTS) is 1. The van der Waals surface area contributed by atoms with E-state index in [0.29, 0.717) is 29.1 Å². The third kappa shape index (κ3) is 3.19. The van der Waals surface area contributed by atoms with Crippen LogP contribution in [0.15, 0.2) is 29.8 Å². The van der Waals surface area contributed by atoms with Crippen molar-refractivity contribution in [2.24, 2.45) is 0 Å². The van der Waals surface area contributed by atoms with E-state index in [0.717, 1.165) is 37.3 Å². The minimum Gasteiger partial charge on any atom is -0.478 e. The third-order valence-electron chi connectivity index (χ3n) is 4.95. The second-order valence-electron chi connectivity index (χ2n) is 6.79. The second-order valence-corrected chi connectivity index (χ2v) is 6.79. The van der Waals surface area contributed by atoms with E-state index in [2.05, 4.69) is 4.90 Å². The Morgan fingerprint density at radius 1 is 1.04 bits per heavy atom. The quantitative estimate of drug-likeness (QED) is 0.912. The van der Waals surface area contributed by atoms with Crippen molar-refractivity contribution in [2.75, 3.05) is 18.0 Å². The molecule has 1 N–H and O–H groups in total. The van der Waals surface area contributed by atoms with E-state index in [-0.39, 0.29) is 5.82 Å². The van der Waals surface area contributed by atoms with E-state index < -0.39 is 5.97 Å². The summed E-state index contributed by atoms with van der Waals surface area (Å²) in [5.74, 6) is -0.464. The molecule has 2 aromatic rings.